The predicted octanol–water partition coefficient (Wildman–Crippen LogP) is 36.4. The summed E-state index contributed by atoms with van der Waals surface area (Å²) in [5.74, 6) is 0.986. The first-order valence-electron chi connectivity index (χ1n) is 50.7. The number of nitrogens with zero attached hydrogens (tertiary/aromatic N) is 9. The van der Waals surface area contributed by atoms with E-state index in [0.29, 0.717) is 11.8 Å². The minimum atomic E-state index is 0.486. The van der Waals surface area contributed by atoms with Crippen LogP contribution >= 0.6 is 0 Å². The van der Waals surface area contributed by atoms with Crippen LogP contribution in [-0.4, -0.2) is 42.6 Å². The summed E-state index contributed by atoms with van der Waals surface area (Å²) in [6.07, 6.45) is 1.85. The standard InChI is InChI=1S/C71H46N4.C68H43N5O/c1-5-15-47(16-6-1)51-26-34-66-59(41-51)61-44-54(29-37-67(61)74(66)57-31-24-50(25-32-57)65-23-13-14-40-72-65)55-30-38-70-62(45-55)60-42-52(48-17-7-2-8-18-48)28-36-69(60)75(70)58-33-39-71-64(46-58)63-43-53(49-19-9-3-10-20-49)27-35-68(63)73(71)56-21-11-4-12-22-56;1-5-15-44(16-6-1)48-27-34-62-56(39-48)58-41-50(29-36-63(58)72(62)53-31-25-47(26-32-53)68-70-69-67(74-68)46-19-9-3-10-20-46)51-30-37-65-59(42-51)57-40-49(45-17-7-2-8-18-45)28-35-64(57)73(65)54-33-38-66-60(43-54)55-23-13-14-24-61(55)71(66)52-21-11-4-12-22-52/h1-46H;1-43H. The van der Waals surface area contributed by atoms with Gasteiger partial charge in [0.25, 0.3) is 0 Å². The van der Waals surface area contributed by atoms with Crippen molar-refractivity contribution in [3.63, 3.8) is 0 Å². The minimum Gasteiger partial charge on any atom is -0.416 e. The Kier molecular flexibility index (Phi) is 20.4. The zero-order chi connectivity index (χ0) is 98.1. The van der Waals surface area contributed by atoms with Gasteiger partial charge in [-0.15, -0.1) is 10.2 Å². The first-order valence-corrected chi connectivity index (χ1v) is 50.7. The maximum atomic E-state index is 6.15. The molecule has 0 radical (unpaired) electrons. The molecule has 0 fully saturated rings. The lowest BCUT2D eigenvalue weighted by Gasteiger charge is -2.11. The third kappa shape index (κ3) is 14.7. The fraction of sp³-hybridized carbons (Fsp3) is 0. The SMILES string of the molecule is c1ccc(-c2ccc3c(c2)c2cc(-c4ccc5c(c4)c4cc(-c6ccccc6)ccc4n5-c4ccc5c(c4)c4cc(-c6ccccc6)ccc4n5-c4ccccc4)ccc2n3-c2ccc(-c3ccccn3)cc2)cc1.c1ccc(-c2ccc3c(c2)c2cc(-c4ccc5c(c4)c4cc(-c6ccccc6)ccc4n5-c4ccc5c(c4)c4ccccc4n5-c4ccccc4)ccc2n3-c2ccc(-c3nnc(-c4ccccc4)o3)cc2)cc1. The maximum Gasteiger partial charge on any atom is 0.248 e. The Hall–Kier alpha value is -20.1. The molecule has 10 heteroatoms. The van der Waals surface area contributed by atoms with Crippen LogP contribution in [-0.2, 0) is 0 Å². The molecule has 0 unspecified atom stereocenters. The third-order valence-corrected chi connectivity index (χ3v) is 30.1. The third-order valence-electron chi connectivity index (χ3n) is 30.1. The Morgan fingerprint density at radius 1 is 0.128 bits per heavy atom. The lowest BCUT2D eigenvalue weighted by molar-refractivity contribution is 0.584. The highest BCUT2D eigenvalue weighted by Crippen LogP contribution is 2.48. The lowest BCUT2D eigenvalue weighted by atomic mass is 9.98. The van der Waals surface area contributed by atoms with Gasteiger partial charge in [-0.1, -0.05) is 297 Å². The molecule has 8 aromatic heterocycles. The zero-order valence-corrected chi connectivity index (χ0v) is 80.8. The molecule has 0 saturated heterocycles. The van der Waals surface area contributed by atoms with Gasteiger partial charge in [-0.2, -0.15) is 0 Å². The number of hydrogen-bond acceptors (Lipinski definition) is 4. The molecule has 22 aromatic carbocycles. The predicted molar refractivity (Wildman–Crippen MR) is 619 cm³/mol. The van der Waals surface area contributed by atoms with Crippen molar-refractivity contribution in [1.29, 1.82) is 0 Å². The summed E-state index contributed by atoms with van der Waals surface area (Å²) in [6.45, 7) is 0. The first kappa shape index (κ1) is 85.7. The average molecular weight is 1900 g/mol. The molecule has 0 atom stereocenters. The van der Waals surface area contributed by atoms with Crippen molar-refractivity contribution in [2.24, 2.45) is 0 Å². The van der Waals surface area contributed by atoms with Crippen molar-refractivity contribution < 1.29 is 4.42 Å². The summed E-state index contributed by atoms with van der Waals surface area (Å²) >= 11 is 0. The molecule has 0 spiro atoms. The average Bonchev–Trinajstić information content (AvgIpc) is 1.56. The van der Waals surface area contributed by atoms with E-state index in [1.807, 2.05) is 48.7 Å². The van der Waals surface area contributed by atoms with E-state index in [9.17, 15) is 0 Å². The molecule has 149 heavy (non-hydrogen) atoms. The number of rotatable bonds is 16. The van der Waals surface area contributed by atoms with Gasteiger partial charge >= 0.3 is 0 Å². The Morgan fingerprint density at radius 2 is 0.322 bits per heavy atom. The molecule has 0 aliphatic carbocycles. The molecule has 0 N–H and O–H groups in total. The smallest absolute Gasteiger partial charge is 0.248 e. The van der Waals surface area contributed by atoms with Gasteiger partial charge in [-0.3, -0.25) is 4.98 Å². The normalized spacial score (nSPS) is 11.8. The topological polar surface area (TPSA) is 81.4 Å². The van der Waals surface area contributed by atoms with Gasteiger partial charge < -0.3 is 31.8 Å². The van der Waals surface area contributed by atoms with Crippen molar-refractivity contribution in [2.75, 3.05) is 0 Å². The first-order chi connectivity index (χ1) is 73.9. The van der Waals surface area contributed by atoms with Gasteiger partial charge in [0.15, 0.2) is 0 Å². The molecule has 0 saturated carbocycles. The summed E-state index contributed by atoms with van der Waals surface area (Å²) in [7, 11) is 0. The lowest BCUT2D eigenvalue weighted by Crippen LogP contribution is -1.95. The van der Waals surface area contributed by atoms with E-state index in [2.05, 4.69) is 534 Å². The Morgan fingerprint density at radius 3 is 0.611 bits per heavy atom. The molecule has 0 bridgehead atoms. The van der Waals surface area contributed by atoms with Gasteiger partial charge in [0, 0.05) is 122 Å². The second-order valence-electron chi connectivity index (χ2n) is 38.6. The van der Waals surface area contributed by atoms with Crippen molar-refractivity contribution in [3.8, 4) is 146 Å². The van der Waals surface area contributed by atoms with Crippen LogP contribution in [0.3, 0.4) is 0 Å². The van der Waals surface area contributed by atoms with Crippen LogP contribution in [0, 0.1) is 0 Å². The van der Waals surface area contributed by atoms with Crippen molar-refractivity contribution >= 4 is 131 Å². The summed E-state index contributed by atoms with van der Waals surface area (Å²) < 4.78 is 20.6. The van der Waals surface area contributed by atoms with Crippen LogP contribution in [0.1, 0.15) is 0 Å². The Balaban J connectivity index is 0.000000140. The van der Waals surface area contributed by atoms with Crippen molar-refractivity contribution in [1.82, 2.24) is 42.6 Å². The monoisotopic (exact) mass is 1900 g/mol. The highest BCUT2D eigenvalue weighted by molar-refractivity contribution is 6.19. The van der Waals surface area contributed by atoms with Crippen LogP contribution < -0.4 is 0 Å². The number of aromatic nitrogens is 9. The number of para-hydroxylation sites is 3. The van der Waals surface area contributed by atoms with Gasteiger partial charge in [0.05, 0.1) is 71.9 Å². The van der Waals surface area contributed by atoms with Crippen LogP contribution in [0.15, 0.2) is 544 Å². The molecular formula is C139H89N9O. The second-order valence-corrected chi connectivity index (χ2v) is 38.6. The molecule has 696 valence electrons. The molecule has 0 aliphatic rings. The van der Waals surface area contributed by atoms with E-state index in [4.69, 9.17) is 4.42 Å². The Labute approximate surface area is 858 Å². The number of fused-ring (bicyclic) bond motifs is 18. The van der Waals surface area contributed by atoms with E-state index in [-0.39, 0.29) is 0 Å². The molecule has 10 nitrogen and oxygen atoms in total. The number of hydrogen-bond donors (Lipinski definition) is 0. The fourth-order valence-corrected chi connectivity index (χ4v) is 23.0. The van der Waals surface area contributed by atoms with Crippen LogP contribution in [0.2, 0.25) is 0 Å². The highest BCUT2D eigenvalue weighted by atomic mass is 16.4. The quantitative estimate of drug-likeness (QED) is 0.0965. The molecule has 0 aliphatic heterocycles. The van der Waals surface area contributed by atoms with Gasteiger partial charge in [0.1, 0.15) is 0 Å². The van der Waals surface area contributed by atoms with Gasteiger partial charge in [0.2, 0.25) is 11.8 Å². The van der Waals surface area contributed by atoms with E-state index in [1.165, 1.54) is 164 Å². The largest absolute Gasteiger partial charge is 0.416 e. The van der Waals surface area contributed by atoms with Crippen LogP contribution in [0.25, 0.3) is 277 Å². The van der Waals surface area contributed by atoms with Crippen LogP contribution in [0.5, 0.6) is 0 Å². The Bertz CT molecular complexity index is 10500. The summed E-state index contributed by atoms with van der Waals surface area (Å²) in [4.78, 5) is 4.62. The van der Waals surface area contributed by atoms with Crippen molar-refractivity contribution in [3.05, 3.63) is 540 Å². The molecule has 0 amide bonds. The van der Waals surface area contributed by atoms with E-state index >= 15 is 0 Å². The molecular weight excluding hydrogens is 1810 g/mol. The molecule has 30 rings (SSSR count). The second kappa shape index (κ2) is 35.5. The van der Waals surface area contributed by atoms with E-state index in [0.717, 1.165) is 101 Å². The van der Waals surface area contributed by atoms with Gasteiger partial charge in [-0.05, 0) is 314 Å². The van der Waals surface area contributed by atoms with Crippen molar-refractivity contribution in [2.45, 2.75) is 0 Å². The minimum absolute atomic E-state index is 0.486. The van der Waals surface area contributed by atoms with Crippen LogP contribution in [0.4, 0.5) is 0 Å². The van der Waals surface area contributed by atoms with E-state index in [1.54, 1.807) is 0 Å². The highest BCUT2D eigenvalue weighted by Gasteiger charge is 2.26. The summed E-state index contributed by atoms with van der Waals surface area (Å²) in [5, 5.41) is 23.3. The number of pyridine rings is 1. The maximum absolute atomic E-state index is 6.15. The van der Waals surface area contributed by atoms with Gasteiger partial charge in [-0.25, -0.2) is 0 Å². The zero-order valence-electron chi connectivity index (χ0n) is 80.8. The summed E-state index contributed by atoms with van der Waals surface area (Å²) in [6, 6.07) is 193. The fourth-order valence-electron chi connectivity index (χ4n) is 23.0. The van der Waals surface area contributed by atoms with E-state index < -0.39 is 0 Å². The molecule has 8 heterocycles. The molecule has 30 aromatic rings. The number of benzene rings is 22. The summed E-state index contributed by atoms with van der Waals surface area (Å²) in [5.41, 5.74) is 41.1.